The number of nitrogens with one attached hydrogen (secondary N) is 3. The minimum Gasteiger partial charge on any atom is -0.337 e. The molecule has 1 aromatic heterocycles. The molecule has 0 atom stereocenters. The fourth-order valence-corrected chi connectivity index (χ4v) is 4.50. The number of carbonyl (C=O) groups is 2. The summed E-state index contributed by atoms with van der Waals surface area (Å²) in [4.78, 5) is 29.4. The van der Waals surface area contributed by atoms with Crippen LogP contribution in [0.5, 0.6) is 0 Å². The smallest absolute Gasteiger partial charge is 0.321 e. The van der Waals surface area contributed by atoms with E-state index >= 15 is 0 Å². The number of fused-ring (bicyclic) bond motifs is 1. The number of rotatable bonds is 6. The number of para-hydroxylation sites is 1. The zero-order valence-corrected chi connectivity index (χ0v) is 19.9. The van der Waals surface area contributed by atoms with Crippen LogP contribution in [-0.2, 0) is 6.42 Å². The van der Waals surface area contributed by atoms with E-state index in [9.17, 15) is 9.59 Å². The Labute approximate surface area is 204 Å². The number of halogens is 2. The van der Waals surface area contributed by atoms with Gasteiger partial charge in [-0.05, 0) is 60.9 Å². The van der Waals surface area contributed by atoms with Crippen molar-refractivity contribution in [2.45, 2.75) is 13.3 Å². The number of carbonyl (C=O) groups excluding carboxylic acids is 2. The van der Waals surface area contributed by atoms with Gasteiger partial charge >= 0.3 is 6.03 Å². The van der Waals surface area contributed by atoms with Gasteiger partial charge in [-0.2, -0.15) is 0 Å². The molecule has 0 radical (unpaired) electrons. The molecule has 33 heavy (non-hydrogen) atoms. The largest absolute Gasteiger partial charge is 0.337 e. The van der Waals surface area contributed by atoms with Crippen LogP contribution in [0.25, 0.3) is 10.2 Å². The Morgan fingerprint density at radius 3 is 2.55 bits per heavy atom. The highest BCUT2D eigenvalue weighted by molar-refractivity contribution is 7.22. The maximum atomic E-state index is 12.7. The standard InChI is InChI=1S/C24H20Cl2N4O2S/c1-14-3-2-4-18(26)21(14)29-22(31)16-7-10-19-20(13-16)33-24(28-19)30-23(32)27-12-11-15-5-8-17(25)9-6-15/h2-10,13H,11-12H2,1H3,(H,29,31)(H2,27,28,30,32). The van der Waals surface area contributed by atoms with Crippen molar-refractivity contribution in [2.75, 3.05) is 17.2 Å². The quantitative estimate of drug-likeness (QED) is 0.282. The molecule has 0 aliphatic heterocycles. The van der Waals surface area contributed by atoms with Crippen LogP contribution in [0.3, 0.4) is 0 Å². The highest BCUT2D eigenvalue weighted by atomic mass is 35.5. The van der Waals surface area contributed by atoms with Gasteiger partial charge in [0, 0.05) is 17.1 Å². The summed E-state index contributed by atoms with van der Waals surface area (Å²) in [5.41, 5.74) is 3.72. The molecule has 0 saturated carbocycles. The highest BCUT2D eigenvalue weighted by Crippen LogP contribution is 2.29. The Bertz CT molecular complexity index is 1300. The van der Waals surface area contributed by atoms with Crippen LogP contribution >= 0.6 is 34.5 Å². The number of aromatic nitrogens is 1. The Morgan fingerprint density at radius 2 is 1.79 bits per heavy atom. The molecule has 9 heteroatoms. The zero-order valence-electron chi connectivity index (χ0n) is 17.6. The monoisotopic (exact) mass is 498 g/mol. The van der Waals surface area contributed by atoms with Gasteiger partial charge in [0.2, 0.25) is 0 Å². The number of urea groups is 1. The average molecular weight is 499 g/mol. The Kier molecular flexibility index (Phi) is 7.13. The van der Waals surface area contributed by atoms with E-state index in [1.165, 1.54) is 11.3 Å². The van der Waals surface area contributed by atoms with Crippen molar-refractivity contribution in [1.29, 1.82) is 0 Å². The topological polar surface area (TPSA) is 83.1 Å². The molecule has 0 saturated heterocycles. The first kappa shape index (κ1) is 23.0. The number of thiazole rings is 1. The summed E-state index contributed by atoms with van der Waals surface area (Å²) in [7, 11) is 0. The van der Waals surface area contributed by atoms with E-state index in [1.54, 1.807) is 24.3 Å². The predicted molar refractivity (Wildman–Crippen MR) is 136 cm³/mol. The van der Waals surface area contributed by atoms with Gasteiger partial charge in [0.1, 0.15) is 0 Å². The molecule has 0 aliphatic rings. The summed E-state index contributed by atoms with van der Waals surface area (Å²) < 4.78 is 0.787. The number of hydrogen-bond acceptors (Lipinski definition) is 4. The van der Waals surface area contributed by atoms with Gasteiger partial charge in [-0.25, -0.2) is 9.78 Å². The second-order valence-electron chi connectivity index (χ2n) is 7.34. The molecule has 168 valence electrons. The van der Waals surface area contributed by atoms with E-state index < -0.39 is 0 Å². The number of aryl methyl sites for hydroxylation is 1. The third kappa shape index (κ3) is 5.82. The summed E-state index contributed by atoms with van der Waals surface area (Å²) in [6.07, 6.45) is 0.688. The van der Waals surface area contributed by atoms with Crippen molar-refractivity contribution in [1.82, 2.24) is 10.3 Å². The molecular weight excluding hydrogens is 479 g/mol. The van der Waals surface area contributed by atoms with E-state index in [0.717, 1.165) is 15.8 Å². The molecule has 6 nitrogen and oxygen atoms in total. The number of amides is 3. The summed E-state index contributed by atoms with van der Waals surface area (Å²) in [6, 6.07) is 17.8. The summed E-state index contributed by atoms with van der Waals surface area (Å²) in [6.45, 7) is 2.36. The maximum Gasteiger partial charge on any atom is 0.321 e. The Balaban J connectivity index is 1.37. The molecule has 0 aliphatic carbocycles. The third-order valence-corrected chi connectivity index (χ3v) is 6.44. The fraction of sp³-hybridized carbons (Fsp3) is 0.125. The first-order chi connectivity index (χ1) is 15.9. The van der Waals surface area contributed by atoms with Gasteiger partial charge in [0.15, 0.2) is 5.13 Å². The summed E-state index contributed by atoms with van der Waals surface area (Å²) in [5.74, 6) is -0.268. The van der Waals surface area contributed by atoms with E-state index in [1.807, 2.05) is 43.3 Å². The number of hydrogen-bond donors (Lipinski definition) is 3. The van der Waals surface area contributed by atoms with E-state index in [-0.39, 0.29) is 11.9 Å². The molecule has 3 aromatic carbocycles. The number of anilines is 2. The lowest BCUT2D eigenvalue weighted by atomic mass is 10.1. The molecular formula is C24H20Cl2N4O2S. The van der Waals surface area contributed by atoms with Gasteiger partial charge in [0.25, 0.3) is 5.91 Å². The lowest BCUT2D eigenvalue weighted by molar-refractivity contribution is 0.102. The summed E-state index contributed by atoms with van der Waals surface area (Å²) >= 11 is 13.4. The molecule has 0 bridgehead atoms. The first-order valence-electron chi connectivity index (χ1n) is 10.2. The third-order valence-electron chi connectivity index (χ3n) is 4.94. The molecule has 0 fully saturated rings. The van der Waals surface area contributed by atoms with Crippen molar-refractivity contribution in [3.05, 3.63) is 87.4 Å². The van der Waals surface area contributed by atoms with Gasteiger partial charge in [-0.1, -0.05) is 58.8 Å². The van der Waals surface area contributed by atoms with Crippen molar-refractivity contribution in [3.63, 3.8) is 0 Å². The second-order valence-corrected chi connectivity index (χ2v) is 9.22. The average Bonchev–Trinajstić information content (AvgIpc) is 3.19. The van der Waals surface area contributed by atoms with Crippen molar-refractivity contribution in [3.8, 4) is 0 Å². The minimum atomic E-state index is -0.338. The van der Waals surface area contributed by atoms with Crippen molar-refractivity contribution in [2.24, 2.45) is 0 Å². The fourth-order valence-electron chi connectivity index (χ4n) is 3.21. The lowest BCUT2D eigenvalue weighted by Gasteiger charge is -2.10. The first-order valence-corrected chi connectivity index (χ1v) is 11.7. The van der Waals surface area contributed by atoms with E-state index in [2.05, 4.69) is 20.9 Å². The molecule has 3 amide bonds. The maximum absolute atomic E-state index is 12.7. The Morgan fingerprint density at radius 1 is 1.00 bits per heavy atom. The predicted octanol–water partition coefficient (Wildman–Crippen LogP) is 6.53. The normalized spacial score (nSPS) is 10.8. The van der Waals surface area contributed by atoms with Crippen molar-refractivity contribution < 1.29 is 9.59 Å². The zero-order chi connectivity index (χ0) is 23.4. The SMILES string of the molecule is Cc1cccc(Cl)c1NC(=O)c1ccc2nc(NC(=O)NCCc3ccc(Cl)cc3)sc2c1. The Hall–Kier alpha value is -3.13. The van der Waals surface area contributed by atoms with E-state index in [4.69, 9.17) is 23.2 Å². The summed E-state index contributed by atoms with van der Waals surface area (Å²) in [5, 5.41) is 10.0. The van der Waals surface area contributed by atoms with Gasteiger partial charge in [-0.15, -0.1) is 0 Å². The van der Waals surface area contributed by atoms with E-state index in [0.29, 0.717) is 44.9 Å². The van der Waals surface area contributed by atoms with Crippen LogP contribution in [0, 0.1) is 6.92 Å². The van der Waals surface area contributed by atoms with Gasteiger partial charge < -0.3 is 10.6 Å². The van der Waals surface area contributed by atoms with Gasteiger partial charge in [0.05, 0.1) is 20.9 Å². The molecule has 4 rings (SSSR count). The molecule has 0 unspecified atom stereocenters. The second kappa shape index (κ2) is 10.2. The number of benzene rings is 3. The van der Waals surface area contributed by atoms with Crippen LogP contribution in [0.1, 0.15) is 21.5 Å². The van der Waals surface area contributed by atoms with Crippen LogP contribution in [0.4, 0.5) is 15.6 Å². The minimum absolute atomic E-state index is 0.268. The van der Waals surface area contributed by atoms with Crippen LogP contribution in [0.15, 0.2) is 60.7 Å². The molecule has 4 aromatic rings. The number of nitrogens with zero attached hydrogens (tertiary/aromatic N) is 1. The molecule has 1 heterocycles. The van der Waals surface area contributed by atoms with Crippen LogP contribution in [0.2, 0.25) is 10.0 Å². The van der Waals surface area contributed by atoms with Crippen LogP contribution in [-0.4, -0.2) is 23.5 Å². The molecule has 3 N–H and O–H groups in total. The van der Waals surface area contributed by atoms with Crippen molar-refractivity contribution >= 4 is 67.5 Å². The van der Waals surface area contributed by atoms with Crippen LogP contribution < -0.4 is 16.0 Å². The highest BCUT2D eigenvalue weighted by Gasteiger charge is 2.13. The molecule has 0 spiro atoms. The van der Waals surface area contributed by atoms with Gasteiger partial charge in [-0.3, -0.25) is 10.1 Å². The lowest BCUT2D eigenvalue weighted by Crippen LogP contribution is -2.30.